The van der Waals surface area contributed by atoms with Gasteiger partial charge in [0.25, 0.3) is 0 Å². The van der Waals surface area contributed by atoms with E-state index in [1.165, 1.54) is 12.8 Å². The van der Waals surface area contributed by atoms with Gasteiger partial charge in [0.1, 0.15) is 0 Å². The molecule has 1 atom stereocenters. The van der Waals surface area contributed by atoms with Crippen LogP contribution in [0.25, 0.3) is 0 Å². The Morgan fingerprint density at radius 2 is 2.12 bits per heavy atom. The number of amides is 1. The minimum atomic E-state index is 0. The third-order valence-corrected chi connectivity index (χ3v) is 3.14. The van der Waals surface area contributed by atoms with Crippen LogP contribution in [0.4, 0.5) is 0 Å². The fourth-order valence-electron chi connectivity index (χ4n) is 2.31. The van der Waals surface area contributed by atoms with Gasteiger partial charge in [-0.2, -0.15) is 0 Å². The van der Waals surface area contributed by atoms with E-state index in [0.717, 1.165) is 32.5 Å². The Labute approximate surface area is 103 Å². The van der Waals surface area contributed by atoms with Crippen molar-refractivity contribution in [3.63, 3.8) is 0 Å². The molecule has 1 heterocycles. The smallest absolute Gasteiger partial charge is 0.222 e. The number of carbonyl (C=O) groups excluding carboxylic acids is 1. The number of halogens is 1. The quantitative estimate of drug-likeness (QED) is 0.779. The number of nitrogens with one attached hydrogen (secondary N) is 2. The summed E-state index contributed by atoms with van der Waals surface area (Å²) in [6.45, 7) is 2.43. The Bertz CT molecular complexity index is 214. The molecule has 1 unspecified atom stereocenters. The summed E-state index contributed by atoms with van der Waals surface area (Å²) in [4.78, 5) is 11.6. The van der Waals surface area contributed by atoms with Crippen molar-refractivity contribution < 1.29 is 9.53 Å². The highest BCUT2D eigenvalue weighted by Gasteiger charge is 2.21. The molecule has 4 nitrogen and oxygen atoms in total. The van der Waals surface area contributed by atoms with Gasteiger partial charge < -0.3 is 15.4 Å². The third-order valence-electron chi connectivity index (χ3n) is 3.14. The van der Waals surface area contributed by atoms with Crippen molar-refractivity contribution in [1.82, 2.24) is 10.6 Å². The average Bonchev–Trinajstić information content (AvgIpc) is 2.71. The molecule has 1 saturated heterocycles. The van der Waals surface area contributed by atoms with E-state index in [2.05, 4.69) is 10.6 Å². The Hall–Kier alpha value is -0.320. The molecule has 0 bridgehead atoms. The maximum Gasteiger partial charge on any atom is 0.222 e. The molecule has 0 aromatic rings. The second-order valence-corrected chi connectivity index (χ2v) is 4.45. The number of hydrogen-bond acceptors (Lipinski definition) is 3. The van der Waals surface area contributed by atoms with Gasteiger partial charge in [-0.3, -0.25) is 4.79 Å². The van der Waals surface area contributed by atoms with Crippen LogP contribution in [0.15, 0.2) is 0 Å². The molecule has 1 aliphatic heterocycles. The molecule has 2 aliphatic rings. The van der Waals surface area contributed by atoms with Crippen LogP contribution in [-0.4, -0.2) is 37.7 Å². The zero-order valence-corrected chi connectivity index (χ0v) is 10.4. The van der Waals surface area contributed by atoms with E-state index >= 15 is 0 Å². The molecule has 5 heteroatoms. The molecular formula is C11H21ClN2O2. The van der Waals surface area contributed by atoms with E-state index in [4.69, 9.17) is 4.74 Å². The molecule has 16 heavy (non-hydrogen) atoms. The molecule has 2 fully saturated rings. The van der Waals surface area contributed by atoms with Gasteiger partial charge in [0.15, 0.2) is 0 Å². The first-order valence-corrected chi connectivity index (χ1v) is 5.96. The molecule has 0 radical (unpaired) electrons. The molecule has 1 saturated carbocycles. The van der Waals surface area contributed by atoms with Crippen LogP contribution < -0.4 is 10.6 Å². The van der Waals surface area contributed by atoms with Gasteiger partial charge in [0.05, 0.1) is 19.1 Å². The monoisotopic (exact) mass is 248 g/mol. The second-order valence-electron chi connectivity index (χ2n) is 4.45. The van der Waals surface area contributed by atoms with Gasteiger partial charge >= 0.3 is 0 Å². The van der Waals surface area contributed by atoms with Crippen molar-refractivity contribution in [3.8, 4) is 0 Å². The van der Waals surface area contributed by atoms with E-state index in [1.54, 1.807) is 0 Å². The zero-order chi connectivity index (χ0) is 10.5. The third kappa shape index (κ3) is 4.28. The summed E-state index contributed by atoms with van der Waals surface area (Å²) in [5.41, 5.74) is 0. The number of ether oxygens (including phenoxy) is 1. The highest BCUT2D eigenvalue weighted by molar-refractivity contribution is 5.85. The van der Waals surface area contributed by atoms with Crippen molar-refractivity contribution in [3.05, 3.63) is 0 Å². The summed E-state index contributed by atoms with van der Waals surface area (Å²) in [7, 11) is 0. The second kappa shape index (κ2) is 7.09. The summed E-state index contributed by atoms with van der Waals surface area (Å²) in [6, 6.07) is 0.425. The number of hydrogen-bond donors (Lipinski definition) is 2. The van der Waals surface area contributed by atoms with Gasteiger partial charge in [-0.15, -0.1) is 12.4 Å². The van der Waals surface area contributed by atoms with E-state index < -0.39 is 0 Å². The van der Waals surface area contributed by atoms with Crippen LogP contribution in [-0.2, 0) is 9.53 Å². The van der Waals surface area contributed by atoms with Crippen LogP contribution >= 0.6 is 12.4 Å². The molecular weight excluding hydrogens is 228 g/mol. The number of morpholine rings is 1. The summed E-state index contributed by atoms with van der Waals surface area (Å²) in [5.74, 6) is 0.149. The normalized spacial score (nSPS) is 26.1. The van der Waals surface area contributed by atoms with Crippen molar-refractivity contribution >= 4 is 18.3 Å². The molecule has 1 amide bonds. The minimum absolute atomic E-state index is 0. The first kappa shape index (κ1) is 13.7. The Balaban J connectivity index is 0.00000128. The lowest BCUT2D eigenvalue weighted by atomic mass is 10.2. The predicted octanol–water partition coefficient (Wildman–Crippen LogP) is 0.845. The minimum Gasteiger partial charge on any atom is -0.375 e. The van der Waals surface area contributed by atoms with E-state index in [9.17, 15) is 4.79 Å². The van der Waals surface area contributed by atoms with Crippen LogP contribution in [0.2, 0.25) is 0 Å². The van der Waals surface area contributed by atoms with Crippen molar-refractivity contribution in [2.75, 3.05) is 19.7 Å². The topological polar surface area (TPSA) is 50.4 Å². The Kier molecular flexibility index (Phi) is 6.09. The standard InChI is InChI=1S/C11H20N2O2.ClH/c14-11(13-9-3-1-2-4-9)7-10-8-12-5-6-15-10;/h9-10,12H,1-8H2,(H,13,14);1H. The van der Waals surface area contributed by atoms with E-state index in [1.807, 2.05) is 0 Å². The lowest BCUT2D eigenvalue weighted by Crippen LogP contribution is -2.42. The Morgan fingerprint density at radius 1 is 1.38 bits per heavy atom. The highest BCUT2D eigenvalue weighted by atomic mass is 35.5. The maximum absolute atomic E-state index is 11.6. The lowest BCUT2D eigenvalue weighted by molar-refractivity contribution is -0.125. The summed E-state index contributed by atoms with van der Waals surface area (Å²) >= 11 is 0. The molecule has 2 N–H and O–H groups in total. The average molecular weight is 249 g/mol. The molecule has 0 aromatic heterocycles. The fourth-order valence-corrected chi connectivity index (χ4v) is 2.31. The van der Waals surface area contributed by atoms with Gasteiger partial charge in [-0.1, -0.05) is 12.8 Å². The van der Waals surface area contributed by atoms with Gasteiger partial charge in [0, 0.05) is 19.1 Å². The Morgan fingerprint density at radius 3 is 2.75 bits per heavy atom. The summed E-state index contributed by atoms with van der Waals surface area (Å²) < 4.78 is 5.49. The SMILES string of the molecule is Cl.O=C(CC1CNCCO1)NC1CCCC1. The van der Waals surface area contributed by atoms with Crippen LogP contribution in [0.3, 0.4) is 0 Å². The molecule has 0 spiro atoms. The summed E-state index contributed by atoms with van der Waals surface area (Å²) in [5, 5.41) is 6.31. The molecule has 1 aliphatic carbocycles. The zero-order valence-electron chi connectivity index (χ0n) is 9.54. The first-order valence-electron chi connectivity index (χ1n) is 5.96. The van der Waals surface area contributed by atoms with E-state index in [0.29, 0.717) is 12.5 Å². The molecule has 0 aromatic carbocycles. The highest BCUT2D eigenvalue weighted by Crippen LogP contribution is 2.17. The lowest BCUT2D eigenvalue weighted by Gasteiger charge is -2.23. The number of rotatable bonds is 3. The van der Waals surface area contributed by atoms with Crippen LogP contribution in [0, 0.1) is 0 Å². The maximum atomic E-state index is 11.6. The van der Waals surface area contributed by atoms with E-state index in [-0.39, 0.29) is 24.4 Å². The predicted molar refractivity (Wildman–Crippen MR) is 64.9 cm³/mol. The van der Waals surface area contributed by atoms with Crippen molar-refractivity contribution in [2.45, 2.75) is 44.2 Å². The molecule has 2 rings (SSSR count). The molecule has 94 valence electrons. The van der Waals surface area contributed by atoms with Gasteiger partial charge in [-0.05, 0) is 12.8 Å². The summed E-state index contributed by atoms with van der Waals surface area (Å²) in [6.07, 6.45) is 5.38. The van der Waals surface area contributed by atoms with Gasteiger partial charge in [-0.25, -0.2) is 0 Å². The van der Waals surface area contributed by atoms with Gasteiger partial charge in [0.2, 0.25) is 5.91 Å². The van der Waals surface area contributed by atoms with Crippen LogP contribution in [0.1, 0.15) is 32.1 Å². The first-order chi connectivity index (χ1) is 7.34. The van der Waals surface area contributed by atoms with Crippen molar-refractivity contribution in [1.29, 1.82) is 0 Å². The largest absolute Gasteiger partial charge is 0.375 e. The fraction of sp³-hybridized carbons (Fsp3) is 0.909. The van der Waals surface area contributed by atoms with Crippen LogP contribution in [0.5, 0.6) is 0 Å². The number of carbonyl (C=O) groups is 1. The van der Waals surface area contributed by atoms with Crippen molar-refractivity contribution in [2.24, 2.45) is 0 Å².